The highest BCUT2D eigenvalue weighted by Crippen LogP contribution is 2.19. The lowest BCUT2D eigenvalue weighted by atomic mass is 10.2. The summed E-state index contributed by atoms with van der Waals surface area (Å²) >= 11 is 0. The number of nitrogens with zero attached hydrogens (tertiary/aromatic N) is 2. The Bertz CT molecular complexity index is 657. The Morgan fingerprint density at radius 1 is 1.32 bits per heavy atom. The van der Waals surface area contributed by atoms with Crippen LogP contribution < -0.4 is 5.32 Å². The van der Waals surface area contributed by atoms with Gasteiger partial charge in [-0.3, -0.25) is 15.2 Å². The Morgan fingerprint density at radius 3 is 2.73 bits per heavy atom. The molecule has 2 rings (SSSR count). The van der Waals surface area contributed by atoms with Crippen molar-refractivity contribution in [3.05, 3.63) is 30.1 Å². The van der Waals surface area contributed by atoms with E-state index in [9.17, 15) is 22.4 Å². The van der Waals surface area contributed by atoms with Crippen LogP contribution in [0.5, 0.6) is 0 Å². The van der Waals surface area contributed by atoms with E-state index in [1.165, 1.54) is 18.2 Å². The molecule has 2 aromatic rings. The number of hydrogen-bond acceptors (Lipinski definition) is 4. The number of anilines is 1. The van der Waals surface area contributed by atoms with Crippen LogP contribution in [0.2, 0.25) is 0 Å². The lowest BCUT2D eigenvalue weighted by molar-refractivity contribution is -0.174. The van der Waals surface area contributed by atoms with Crippen molar-refractivity contribution in [3.63, 3.8) is 0 Å². The molecule has 0 bridgehead atoms. The summed E-state index contributed by atoms with van der Waals surface area (Å²) in [5, 5.41) is 8.16. The predicted molar refractivity (Wildman–Crippen MR) is 67.3 cm³/mol. The predicted octanol–water partition coefficient (Wildman–Crippen LogP) is 2.13. The van der Waals surface area contributed by atoms with Gasteiger partial charge in [0.25, 0.3) is 5.91 Å². The number of nitrogens with one attached hydrogen (secondary N) is 2. The molecule has 118 valence electrons. The average molecular weight is 318 g/mol. The first-order valence-corrected chi connectivity index (χ1v) is 5.97. The molecule has 0 radical (unpaired) electrons. The molecular weight excluding hydrogens is 308 g/mol. The molecule has 0 saturated heterocycles. The number of ether oxygens (including phenoxy) is 1. The lowest BCUT2D eigenvalue weighted by Gasteiger charge is -2.06. The summed E-state index contributed by atoms with van der Waals surface area (Å²) in [6, 6.07) is 5.76. The zero-order valence-corrected chi connectivity index (χ0v) is 10.9. The molecule has 2 N–H and O–H groups in total. The van der Waals surface area contributed by atoms with Gasteiger partial charge in [-0.1, -0.05) is 12.1 Å². The molecular formula is C12H10F4N4O2. The second-order valence-electron chi connectivity index (χ2n) is 4.14. The second kappa shape index (κ2) is 6.52. The fourth-order valence-corrected chi connectivity index (χ4v) is 1.51. The van der Waals surface area contributed by atoms with Crippen molar-refractivity contribution in [1.82, 2.24) is 15.2 Å². The van der Waals surface area contributed by atoms with Gasteiger partial charge in [0.1, 0.15) is 19.0 Å². The maximum absolute atomic E-state index is 13.5. The summed E-state index contributed by atoms with van der Waals surface area (Å²) in [4.78, 5) is 15.2. The van der Waals surface area contributed by atoms with Crippen molar-refractivity contribution in [2.45, 2.75) is 6.18 Å². The molecule has 1 aromatic heterocycles. The summed E-state index contributed by atoms with van der Waals surface area (Å²) in [6.45, 7) is -2.34. The van der Waals surface area contributed by atoms with Crippen LogP contribution in [0.15, 0.2) is 24.3 Å². The van der Waals surface area contributed by atoms with Crippen molar-refractivity contribution >= 4 is 11.9 Å². The Balaban J connectivity index is 1.92. The van der Waals surface area contributed by atoms with Crippen LogP contribution in [0, 0.1) is 5.82 Å². The normalized spacial score (nSPS) is 11.5. The number of aromatic amines is 1. The van der Waals surface area contributed by atoms with E-state index in [4.69, 9.17) is 0 Å². The zero-order valence-electron chi connectivity index (χ0n) is 10.9. The largest absolute Gasteiger partial charge is 0.411 e. The minimum atomic E-state index is -4.51. The van der Waals surface area contributed by atoms with E-state index in [-0.39, 0.29) is 17.3 Å². The Kier molecular flexibility index (Phi) is 4.71. The summed E-state index contributed by atoms with van der Waals surface area (Å²) in [7, 11) is 0. The first-order valence-electron chi connectivity index (χ1n) is 5.97. The number of aromatic nitrogens is 3. The molecule has 0 unspecified atom stereocenters. The average Bonchev–Trinajstić information content (AvgIpc) is 2.86. The summed E-state index contributed by atoms with van der Waals surface area (Å²) in [5.41, 5.74) is 0.142. The van der Waals surface area contributed by atoms with E-state index in [0.29, 0.717) is 0 Å². The number of benzene rings is 1. The minimum Gasteiger partial charge on any atom is -0.362 e. The van der Waals surface area contributed by atoms with Crippen molar-refractivity contribution in [2.75, 3.05) is 18.5 Å². The zero-order chi connectivity index (χ0) is 16.2. The highest BCUT2D eigenvalue weighted by Gasteiger charge is 2.27. The molecule has 6 nitrogen and oxygen atoms in total. The monoisotopic (exact) mass is 318 g/mol. The quantitative estimate of drug-likeness (QED) is 0.828. The number of rotatable bonds is 5. The maximum Gasteiger partial charge on any atom is 0.411 e. The van der Waals surface area contributed by atoms with Crippen LogP contribution in [-0.2, 0) is 9.53 Å². The molecule has 1 heterocycles. The van der Waals surface area contributed by atoms with Crippen molar-refractivity contribution in [2.24, 2.45) is 0 Å². The van der Waals surface area contributed by atoms with Crippen molar-refractivity contribution in [3.8, 4) is 11.4 Å². The van der Waals surface area contributed by atoms with Crippen LogP contribution in [0.25, 0.3) is 11.4 Å². The number of hydrogen-bond donors (Lipinski definition) is 2. The van der Waals surface area contributed by atoms with Gasteiger partial charge in [0.2, 0.25) is 5.95 Å². The molecule has 0 fully saturated rings. The van der Waals surface area contributed by atoms with E-state index in [1.807, 2.05) is 0 Å². The second-order valence-corrected chi connectivity index (χ2v) is 4.14. The highest BCUT2D eigenvalue weighted by atomic mass is 19.4. The van der Waals surface area contributed by atoms with E-state index in [1.54, 1.807) is 6.07 Å². The van der Waals surface area contributed by atoms with E-state index < -0.39 is 31.1 Å². The third-order valence-corrected chi connectivity index (χ3v) is 2.36. The molecule has 0 spiro atoms. The Hall–Kier alpha value is -2.49. The Labute approximate surface area is 121 Å². The minimum absolute atomic E-state index is 0.0737. The topological polar surface area (TPSA) is 79.9 Å². The van der Waals surface area contributed by atoms with Crippen LogP contribution in [0.4, 0.5) is 23.5 Å². The number of carbonyl (C=O) groups is 1. The van der Waals surface area contributed by atoms with E-state index in [0.717, 1.165) is 0 Å². The van der Waals surface area contributed by atoms with Gasteiger partial charge < -0.3 is 4.74 Å². The van der Waals surface area contributed by atoms with Gasteiger partial charge >= 0.3 is 6.18 Å². The van der Waals surface area contributed by atoms with Gasteiger partial charge in [0.05, 0.1) is 5.56 Å². The fourth-order valence-electron chi connectivity index (χ4n) is 1.51. The SMILES string of the molecule is O=C(COCC(F)(F)F)Nc1n[nH]c(-c2ccccc2F)n1. The maximum atomic E-state index is 13.5. The molecule has 1 amide bonds. The molecule has 0 saturated carbocycles. The van der Waals surface area contributed by atoms with E-state index >= 15 is 0 Å². The van der Waals surface area contributed by atoms with Gasteiger partial charge in [0.15, 0.2) is 5.82 Å². The van der Waals surface area contributed by atoms with Crippen LogP contribution in [0.1, 0.15) is 0 Å². The number of amides is 1. The number of alkyl halides is 3. The fraction of sp³-hybridized carbons (Fsp3) is 0.250. The molecule has 0 aliphatic rings. The number of carbonyl (C=O) groups excluding carboxylic acids is 1. The van der Waals surface area contributed by atoms with Crippen LogP contribution in [0.3, 0.4) is 0 Å². The van der Waals surface area contributed by atoms with Gasteiger partial charge in [0, 0.05) is 0 Å². The van der Waals surface area contributed by atoms with Gasteiger partial charge in [-0.2, -0.15) is 18.2 Å². The van der Waals surface area contributed by atoms with E-state index in [2.05, 4.69) is 25.2 Å². The Morgan fingerprint density at radius 2 is 2.05 bits per heavy atom. The van der Waals surface area contributed by atoms with Gasteiger partial charge in [-0.05, 0) is 12.1 Å². The number of H-pyrrole nitrogens is 1. The van der Waals surface area contributed by atoms with Gasteiger partial charge in [-0.25, -0.2) is 4.39 Å². The molecule has 1 aromatic carbocycles. The first-order chi connectivity index (χ1) is 10.3. The third kappa shape index (κ3) is 4.52. The van der Waals surface area contributed by atoms with Crippen LogP contribution >= 0.6 is 0 Å². The lowest BCUT2D eigenvalue weighted by Crippen LogP contribution is -2.24. The third-order valence-electron chi connectivity index (χ3n) is 2.36. The smallest absolute Gasteiger partial charge is 0.362 e. The summed E-state index contributed by atoms with van der Waals surface area (Å²) in [5.74, 6) is -1.52. The molecule has 0 aliphatic carbocycles. The molecule has 10 heteroatoms. The van der Waals surface area contributed by atoms with Crippen molar-refractivity contribution in [1.29, 1.82) is 0 Å². The molecule has 22 heavy (non-hydrogen) atoms. The molecule has 0 atom stereocenters. The number of halogens is 4. The van der Waals surface area contributed by atoms with Gasteiger partial charge in [-0.15, -0.1) is 5.10 Å². The highest BCUT2D eigenvalue weighted by molar-refractivity contribution is 5.90. The standard InChI is InChI=1S/C12H10F4N4O2/c13-8-4-2-1-3-7(8)10-18-11(20-19-10)17-9(21)5-22-6-12(14,15)16/h1-4H,5-6H2,(H2,17,18,19,20,21). The first kappa shape index (κ1) is 15.9. The summed E-state index contributed by atoms with van der Waals surface area (Å²) < 4.78 is 53.2. The van der Waals surface area contributed by atoms with Crippen LogP contribution in [-0.4, -0.2) is 40.5 Å². The van der Waals surface area contributed by atoms with Crippen molar-refractivity contribution < 1.29 is 27.1 Å². The summed E-state index contributed by atoms with van der Waals surface area (Å²) in [6.07, 6.45) is -4.51. The molecule has 0 aliphatic heterocycles.